The van der Waals surface area contributed by atoms with Gasteiger partial charge < -0.3 is 19.9 Å². The molecule has 1 amide bonds. The van der Waals surface area contributed by atoms with Gasteiger partial charge in [0, 0.05) is 24.5 Å². The molecular formula is C27H37N7O2. The van der Waals surface area contributed by atoms with Gasteiger partial charge in [0.1, 0.15) is 29.9 Å². The first-order valence-corrected chi connectivity index (χ1v) is 13.0. The monoisotopic (exact) mass is 491 g/mol. The SMILES string of the molecule is CC.CC.CCCNC(=O)c1cc(OC[C@H]2CCCN2c2ncnc3nc[nH]c23)c2ccccc2n1. The zero-order valence-electron chi connectivity index (χ0n) is 21.9. The van der Waals surface area contributed by atoms with Crippen LogP contribution in [0.3, 0.4) is 0 Å². The molecule has 1 aliphatic heterocycles. The molecule has 2 N–H and O–H groups in total. The lowest BCUT2D eigenvalue weighted by atomic mass is 10.1. The molecule has 3 aromatic heterocycles. The van der Waals surface area contributed by atoms with Gasteiger partial charge >= 0.3 is 0 Å². The number of carbonyl (C=O) groups is 1. The average Bonchev–Trinajstić information content (AvgIpc) is 3.62. The van der Waals surface area contributed by atoms with Gasteiger partial charge in [0.05, 0.1) is 17.9 Å². The van der Waals surface area contributed by atoms with Gasteiger partial charge in [-0.3, -0.25) is 4.79 Å². The van der Waals surface area contributed by atoms with Crippen molar-refractivity contribution in [2.24, 2.45) is 0 Å². The van der Waals surface area contributed by atoms with E-state index in [0.717, 1.165) is 48.0 Å². The summed E-state index contributed by atoms with van der Waals surface area (Å²) in [6.07, 6.45) is 6.10. The number of rotatable bonds is 7. The van der Waals surface area contributed by atoms with Crippen molar-refractivity contribution in [3.63, 3.8) is 0 Å². The maximum atomic E-state index is 12.5. The maximum Gasteiger partial charge on any atom is 0.270 e. The van der Waals surface area contributed by atoms with E-state index in [4.69, 9.17) is 4.74 Å². The lowest BCUT2D eigenvalue weighted by Gasteiger charge is -2.26. The highest BCUT2D eigenvalue weighted by Gasteiger charge is 2.28. The molecule has 36 heavy (non-hydrogen) atoms. The number of anilines is 1. The number of ether oxygens (including phenoxy) is 1. The summed E-state index contributed by atoms with van der Waals surface area (Å²) in [4.78, 5) is 35.4. The molecule has 4 heterocycles. The van der Waals surface area contributed by atoms with E-state index in [2.05, 4.69) is 35.1 Å². The highest BCUT2D eigenvalue weighted by Crippen LogP contribution is 2.30. The first-order chi connectivity index (χ1) is 17.7. The van der Waals surface area contributed by atoms with Gasteiger partial charge in [-0.2, -0.15) is 0 Å². The molecule has 1 aromatic carbocycles. The fraction of sp³-hybridized carbons (Fsp3) is 0.444. The van der Waals surface area contributed by atoms with Crippen molar-refractivity contribution < 1.29 is 9.53 Å². The van der Waals surface area contributed by atoms with Gasteiger partial charge in [-0.05, 0) is 31.4 Å². The second-order valence-electron chi connectivity index (χ2n) is 7.88. The smallest absolute Gasteiger partial charge is 0.270 e. The molecule has 5 rings (SSSR count). The molecule has 0 radical (unpaired) electrons. The summed E-state index contributed by atoms with van der Waals surface area (Å²) in [7, 11) is 0. The number of pyridine rings is 1. The summed E-state index contributed by atoms with van der Waals surface area (Å²) in [5, 5.41) is 3.78. The van der Waals surface area contributed by atoms with Crippen LogP contribution >= 0.6 is 0 Å². The van der Waals surface area contributed by atoms with Crippen LogP contribution in [-0.2, 0) is 0 Å². The number of nitrogens with zero attached hydrogens (tertiary/aromatic N) is 5. The van der Waals surface area contributed by atoms with E-state index < -0.39 is 0 Å². The number of H-pyrrole nitrogens is 1. The predicted octanol–water partition coefficient (Wildman–Crippen LogP) is 5.14. The standard InChI is InChI=1S/C23H25N7O2.2C2H6/c1-2-9-24-23(31)18-11-19(16-7-3-4-8-17(16)29-18)32-12-15-6-5-10-30(15)22-20-21(26-13-25-20)27-14-28-22;2*1-2/h3-4,7-8,11,13-15H,2,5-6,9-10,12H2,1H3,(H,24,31)(H,25,26,27,28);2*1-2H3/t15-;;/m1../s1. The molecule has 9 nitrogen and oxygen atoms in total. The van der Waals surface area contributed by atoms with Crippen molar-refractivity contribution >= 4 is 33.8 Å². The van der Waals surface area contributed by atoms with Gasteiger partial charge in [-0.1, -0.05) is 46.8 Å². The van der Waals surface area contributed by atoms with E-state index in [1.54, 1.807) is 18.7 Å². The first kappa shape index (κ1) is 26.8. The molecule has 1 saturated heterocycles. The van der Waals surface area contributed by atoms with E-state index >= 15 is 0 Å². The fourth-order valence-electron chi connectivity index (χ4n) is 4.15. The summed E-state index contributed by atoms with van der Waals surface area (Å²) in [6.45, 7) is 12.0. The lowest BCUT2D eigenvalue weighted by molar-refractivity contribution is 0.0948. The summed E-state index contributed by atoms with van der Waals surface area (Å²) in [5.41, 5.74) is 2.60. The van der Waals surface area contributed by atoms with E-state index in [-0.39, 0.29) is 11.9 Å². The van der Waals surface area contributed by atoms with Crippen molar-refractivity contribution in [1.29, 1.82) is 0 Å². The van der Waals surface area contributed by atoms with Crippen LogP contribution in [-0.4, -0.2) is 56.6 Å². The molecule has 0 aliphatic carbocycles. The molecule has 0 bridgehead atoms. The molecule has 4 aromatic rings. The molecular weight excluding hydrogens is 454 g/mol. The Morgan fingerprint density at radius 1 is 1.17 bits per heavy atom. The van der Waals surface area contributed by atoms with Crippen LogP contribution in [0.1, 0.15) is 64.4 Å². The second-order valence-corrected chi connectivity index (χ2v) is 7.88. The van der Waals surface area contributed by atoms with Gasteiger partial charge in [-0.25, -0.2) is 19.9 Å². The minimum absolute atomic E-state index is 0.153. The van der Waals surface area contributed by atoms with Crippen LogP contribution in [0.5, 0.6) is 5.75 Å². The Kier molecular flexibility index (Phi) is 9.97. The van der Waals surface area contributed by atoms with Crippen LogP contribution in [0.25, 0.3) is 22.1 Å². The Balaban J connectivity index is 0.000000861. The van der Waals surface area contributed by atoms with E-state index in [9.17, 15) is 4.79 Å². The number of aromatic nitrogens is 5. The predicted molar refractivity (Wildman–Crippen MR) is 145 cm³/mol. The Bertz CT molecular complexity index is 1260. The second kappa shape index (κ2) is 13.4. The van der Waals surface area contributed by atoms with Crippen LogP contribution in [0.2, 0.25) is 0 Å². The van der Waals surface area contributed by atoms with Crippen LogP contribution in [0.4, 0.5) is 5.82 Å². The third-order valence-corrected chi connectivity index (χ3v) is 5.73. The van der Waals surface area contributed by atoms with Gasteiger partial charge in [-0.15, -0.1) is 0 Å². The Morgan fingerprint density at radius 2 is 1.97 bits per heavy atom. The number of benzene rings is 1. The molecule has 0 unspecified atom stereocenters. The number of aromatic amines is 1. The first-order valence-electron chi connectivity index (χ1n) is 13.0. The molecule has 1 aliphatic rings. The van der Waals surface area contributed by atoms with E-state index in [1.807, 2.05) is 58.9 Å². The average molecular weight is 492 g/mol. The van der Waals surface area contributed by atoms with Gasteiger partial charge in [0.25, 0.3) is 5.91 Å². The summed E-state index contributed by atoms with van der Waals surface area (Å²) >= 11 is 0. The molecule has 1 fully saturated rings. The number of para-hydroxylation sites is 1. The lowest BCUT2D eigenvalue weighted by Crippen LogP contribution is -2.35. The maximum absolute atomic E-state index is 12.5. The number of hydrogen-bond donors (Lipinski definition) is 2. The van der Waals surface area contributed by atoms with E-state index in [0.29, 0.717) is 30.2 Å². The van der Waals surface area contributed by atoms with Crippen molar-refractivity contribution in [1.82, 2.24) is 30.2 Å². The van der Waals surface area contributed by atoms with Gasteiger partial charge in [0.2, 0.25) is 0 Å². The molecule has 9 heteroatoms. The van der Waals surface area contributed by atoms with Crippen LogP contribution < -0.4 is 15.0 Å². The number of imidazole rings is 1. The quantitative estimate of drug-likeness (QED) is 0.368. The molecule has 0 saturated carbocycles. The normalized spacial score (nSPS) is 14.6. The number of amides is 1. The summed E-state index contributed by atoms with van der Waals surface area (Å²) < 4.78 is 6.31. The minimum atomic E-state index is -0.187. The van der Waals surface area contributed by atoms with E-state index in [1.165, 1.54) is 0 Å². The zero-order valence-corrected chi connectivity index (χ0v) is 21.9. The number of carbonyl (C=O) groups excluding carboxylic acids is 1. The van der Waals surface area contributed by atoms with Crippen molar-refractivity contribution in [2.75, 3.05) is 24.6 Å². The Morgan fingerprint density at radius 3 is 2.78 bits per heavy atom. The number of fused-ring (bicyclic) bond motifs is 2. The molecule has 1 atom stereocenters. The molecule has 192 valence electrons. The topological polar surface area (TPSA) is 109 Å². The van der Waals surface area contributed by atoms with Crippen LogP contribution in [0.15, 0.2) is 43.0 Å². The van der Waals surface area contributed by atoms with Crippen molar-refractivity contribution in [3.8, 4) is 5.75 Å². The summed E-state index contributed by atoms with van der Waals surface area (Å²) in [5.74, 6) is 1.32. The largest absolute Gasteiger partial charge is 0.491 e. The number of nitrogens with one attached hydrogen (secondary N) is 2. The van der Waals surface area contributed by atoms with Crippen molar-refractivity contribution in [3.05, 3.63) is 48.7 Å². The number of hydrogen-bond acceptors (Lipinski definition) is 7. The molecule has 0 spiro atoms. The fourth-order valence-corrected chi connectivity index (χ4v) is 4.15. The zero-order chi connectivity index (χ0) is 25.9. The minimum Gasteiger partial charge on any atom is -0.491 e. The highest BCUT2D eigenvalue weighted by atomic mass is 16.5. The van der Waals surface area contributed by atoms with Gasteiger partial charge in [0.15, 0.2) is 11.5 Å². The Labute approximate surface area is 212 Å². The van der Waals surface area contributed by atoms with Crippen LogP contribution in [0, 0.1) is 0 Å². The third kappa shape index (κ3) is 5.90. The highest BCUT2D eigenvalue weighted by molar-refractivity contribution is 5.97. The third-order valence-electron chi connectivity index (χ3n) is 5.73. The van der Waals surface area contributed by atoms with Crippen molar-refractivity contribution in [2.45, 2.75) is 59.9 Å². The summed E-state index contributed by atoms with van der Waals surface area (Å²) in [6, 6.07) is 9.62. The Hall–Kier alpha value is -3.75.